The summed E-state index contributed by atoms with van der Waals surface area (Å²) < 4.78 is 10.4. The van der Waals surface area contributed by atoms with Gasteiger partial charge in [-0.3, -0.25) is 0 Å². The first-order chi connectivity index (χ1) is 12.0. The molecule has 7 nitrogen and oxygen atoms in total. The molecule has 0 aliphatic heterocycles. The predicted molar refractivity (Wildman–Crippen MR) is 91.7 cm³/mol. The number of ether oxygens (including phenoxy) is 2. The van der Waals surface area contributed by atoms with Crippen molar-refractivity contribution in [3.63, 3.8) is 0 Å². The number of hydrogen-bond acceptors (Lipinski definition) is 6. The molecule has 3 aromatic rings. The third kappa shape index (κ3) is 3.30. The van der Waals surface area contributed by atoms with Gasteiger partial charge < -0.3 is 14.6 Å². The normalized spacial score (nSPS) is 10.6. The van der Waals surface area contributed by atoms with E-state index in [1.807, 2.05) is 24.3 Å². The van der Waals surface area contributed by atoms with Crippen molar-refractivity contribution in [3.8, 4) is 17.2 Å². The Hall–Kier alpha value is -3.35. The highest BCUT2D eigenvalue weighted by Crippen LogP contribution is 2.32. The molecule has 25 heavy (non-hydrogen) atoms. The van der Waals surface area contributed by atoms with Crippen molar-refractivity contribution in [2.24, 2.45) is 0 Å². The highest BCUT2D eigenvalue weighted by Gasteiger charge is 2.16. The van der Waals surface area contributed by atoms with Crippen LogP contribution in [0.2, 0.25) is 0 Å². The van der Waals surface area contributed by atoms with E-state index in [4.69, 9.17) is 9.47 Å². The number of esters is 1. The summed E-state index contributed by atoms with van der Waals surface area (Å²) in [6.07, 6.45) is 0. The maximum atomic E-state index is 11.6. The Kier molecular flexibility index (Phi) is 4.38. The number of nitrogens with zero attached hydrogens (tertiary/aromatic N) is 3. The molecule has 3 rings (SSSR count). The van der Waals surface area contributed by atoms with E-state index in [9.17, 15) is 9.90 Å². The second-order valence-electron chi connectivity index (χ2n) is 5.49. The van der Waals surface area contributed by atoms with Crippen LogP contribution < -0.4 is 4.74 Å². The Morgan fingerprint density at radius 2 is 1.88 bits per heavy atom. The summed E-state index contributed by atoms with van der Waals surface area (Å²) in [5.41, 5.74) is 2.38. The molecule has 2 aromatic carbocycles. The molecule has 0 unspecified atom stereocenters. The third-order valence-electron chi connectivity index (χ3n) is 3.59. The van der Waals surface area contributed by atoms with Crippen LogP contribution in [0.1, 0.15) is 12.5 Å². The summed E-state index contributed by atoms with van der Waals surface area (Å²) in [6.45, 7) is 4.96. The maximum absolute atomic E-state index is 11.6. The number of methoxy groups -OCH3 is 1. The summed E-state index contributed by atoms with van der Waals surface area (Å²) in [4.78, 5) is 12.9. The number of carbonyl (C=O) groups is 1. The van der Waals surface area contributed by atoms with Crippen LogP contribution in [0.3, 0.4) is 0 Å². The van der Waals surface area contributed by atoms with Crippen molar-refractivity contribution in [1.82, 2.24) is 15.0 Å². The zero-order chi connectivity index (χ0) is 18.0. The van der Waals surface area contributed by atoms with Gasteiger partial charge in [0.1, 0.15) is 34.8 Å². The van der Waals surface area contributed by atoms with Gasteiger partial charge in [-0.1, -0.05) is 18.7 Å². The summed E-state index contributed by atoms with van der Waals surface area (Å²) in [7, 11) is 1.51. The van der Waals surface area contributed by atoms with E-state index in [2.05, 4.69) is 16.8 Å². The van der Waals surface area contributed by atoms with Crippen LogP contribution >= 0.6 is 0 Å². The first kappa shape index (κ1) is 16.5. The number of phenols is 1. The van der Waals surface area contributed by atoms with Gasteiger partial charge in [-0.25, -0.2) is 4.79 Å². The van der Waals surface area contributed by atoms with Crippen molar-refractivity contribution >= 4 is 17.0 Å². The van der Waals surface area contributed by atoms with Gasteiger partial charge in [0.25, 0.3) is 0 Å². The van der Waals surface area contributed by atoms with Crippen molar-refractivity contribution in [3.05, 3.63) is 54.1 Å². The van der Waals surface area contributed by atoms with Crippen LogP contribution in [0.15, 0.2) is 48.6 Å². The van der Waals surface area contributed by atoms with Crippen LogP contribution in [-0.2, 0) is 16.1 Å². The predicted octanol–water partition coefficient (Wildman–Crippen LogP) is 2.75. The molecule has 1 heterocycles. The summed E-state index contributed by atoms with van der Waals surface area (Å²) >= 11 is 0. The number of aromatic hydroxyl groups is 1. The molecule has 0 saturated heterocycles. The van der Waals surface area contributed by atoms with Crippen molar-refractivity contribution < 1.29 is 19.4 Å². The second kappa shape index (κ2) is 6.64. The highest BCUT2D eigenvalue weighted by molar-refractivity contribution is 5.87. The molecule has 0 aliphatic rings. The van der Waals surface area contributed by atoms with Crippen LogP contribution in [0.25, 0.3) is 16.7 Å². The first-order valence-electron chi connectivity index (χ1n) is 7.54. The minimum Gasteiger partial charge on any atom is -0.505 e. The fourth-order valence-corrected chi connectivity index (χ4v) is 2.26. The van der Waals surface area contributed by atoms with Gasteiger partial charge in [-0.2, -0.15) is 0 Å². The van der Waals surface area contributed by atoms with Crippen LogP contribution in [0.4, 0.5) is 0 Å². The molecule has 0 aliphatic carbocycles. The van der Waals surface area contributed by atoms with E-state index in [-0.39, 0.29) is 17.9 Å². The largest absolute Gasteiger partial charge is 0.505 e. The van der Waals surface area contributed by atoms with Gasteiger partial charge in [-0.05, 0) is 25.1 Å². The molecule has 0 radical (unpaired) electrons. The fraction of sp³-hybridized carbons (Fsp3) is 0.167. The number of benzene rings is 2. The monoisotopic (exact) mass is 339 g/mol. The van der Waals surface area contributed by atoms with Gasteiger partial charge >= 0.3 is 5.97 Å². The van der Waals surface area contributed by atoms with E-state index >= 15 is 0 Å². The summed E-state index contributed by atoms with van der Waals surface area (Å²) in [6, 6.07) is 10.6. The third-order valence-corrected chi connectivity index (χ3v) is 3.59. The fourth-order valence-electron chi connectivity index (χ4n) is 2.26. The number of phenolic OH excluding ortho intramolecular Hbond substituents is 1. The number of hydrogen-bond donors (Lipinski definition) is 1. The van der Waals surface area contributed by atoms with E-state index in [1.165, 1.54) is 11.9 Å². The molecule has 0 saturated carbocycles. The smallest absolute Gasteiger partial charge is 0.333 e. The highest BCUT2D eigenvalue weighted by atomic mass is 16.5. The van der Waals surface area contributed by atoms with Crippen molar-refractivity contribution in [1.29, 1.82) is 0 Å². The maximum Gasteiger partial charge on any atom is 0.333 e. The van der Waals surface area contributed by atoms with Crippen LogP contribution in [0.5, 0.6) is 11.5 Å². The molecular formula is C18H17N3O4. The lowest BCUT2D eigenvalue weighted by atomic mass is 10.1. The molecule has 0 bridgehead atoms. The molecule has 7 heteroatoms. The number of aromatic nitrogens is 3. The average Bonchev–Trinajstić information content (AvgIpc) is 3.04. The molecule has 1 aromatic heterocycles. The first-order valence-corrected chi connectivity index (χ1v) is 7.54. The summed E-state index contributed by atoms with van der Waals surface area (Å²) in [5.74, 6) is -0.141. The van der Waals surface area contributed by atoms with E-state index in [1.54, 1.807) is 19.1 Å². The second-order valence-corrected chi connectivity index (χ2v) is 5.49. The molecule has 0 amide bonds. The van der Waals surface area contributed by atoms with E-state index < -0.39 is 5.97 Å². The summed E-state index contributed by atoms with van der Waals surface area (Å²) in [5, 5.41) is 19.3. The number of rotatable bonds is 5. The Balaban J connectivity index is 2.02. The van der Waals surface area contributed by atoms with Gasteiger partial charge in [0.15, 0.2) is 0 Å². The minimum absolute atomic E-state index is 0.0874. The lowest BCUT2D eigenvalue weighted by Crippen LogP contribution is -2.07. The lowest BCUT2D eigenvalue weighted by molar-refractivity contribution is -0.140. The quantitative estimate of drug-likeness (QED) is 0.568. The molecule has 1 N–H and O–H groups in total. The molecular weight excluding hydrogens is 322 g/mol. The Bertz CT molecular complexity index is 929. The topological polar surface area (TPSA) is 86.5 Å². The molecule has 0 atom stereocenters. The van der Waals surface area contributed by atoms with Gasteiger partial charge in [0, 0.05) is 17.2 Å². The Morgan fingerprint density at radius 3 is 2.44 bits per heavy atom. The Morgan fingerprint density at radius 1 is 1.24 bits per heavy atom. The van der Waals surface area contributed by atoms with Crippen LogP contribution in [0, 0.1) is 0 Å². The molecule has 128 valence electrons. The standard InChI is InChI=1S/C18H17N3O4/c1-11(2)18(23)25-10-12-8-13(24-3)9-16(17(12)22)21-19-14-6-4-5-7-15(14)20-21/h4-9,22H,1,10H2,2-3H3. The van der Waals surface area contributed by atoms with Crippen LogP contribution in [-0.4, -0.2) is 33.2 Å². The van der Waals surface area contributed by atoms with Gasteiger partial charge in [-0.15, -0.1) is 15.0 Å². The number of carbonyl (C=O) groups excluding carboxylic acids is 1. The van der Waals surface area contributed by atoms with Gasteiger partial charge in [0.05, 0.1) is 7.11 Å². The van der Waals surface area contributed by atoms with E-state index in [0.717, 1.165) is 0 Å². The zero-order valence-electron chi connectivity index (χ0n) is 13.9. The Labute approximate surface area is 144 Å². The number of fused-ring (bicyclic) bond motifs is 1. The lowest BCUT2D eigenvalue weighted by Gasteiger charge is -2.12. The van der Waals surface area contributed by atoms with E-state index in [0.29, 0.717) is 28.0 Å². The average molecular weight is 339 g/mol. The molecule has 0 fully saturated rings. The van der Waals surface area contributed by atoms with Gasteiger partial charge in [0.2, 0.25) is 0 Å². The van der Waals surface area contributed by atoms with Crippen molar-refractivity contribution in [2.45, 2.75) is 13.5 Å². The molecule has 0 spiro atoms. The van der Waals surface area contributed by atoms with Crippen molar-refractivity contribution in [2.75, 3.05) is 7.11 Å². The zero-order valence-corrected chi connectivity index (χ0v) is 13.9. The minimum atomic E-state index is -0.535. The SMILES string of the molecule is C=C(C)C(=O)OCc1cc(OC)cc(-n2nc3ccccc3n2)c1O.